The Hall–Kier alpha value is -3.13. The largest absolute Gasteiger partial charge is 0.493 e. The average Bonchev–Trinajstić information content (AvgIpc) is 2.80. The van der Waals surface area contributed by atoms with Crippen molar-refractivity contribution in [2.45, 2.75) is 32.5 Å². The van der Waals surface area contributed by atoms with Crippen molar-refractivity contribution >= 4 is 12.2 Å². The van der Waals surface area contributed by atoms with Crippen LogP contribution in [0, 0.1) is 5.82 Å². The highest BCUT2D eigenvalue weighted by atomic mass is 19.1. The van der Waals surface area contributed by atoms with Crippen LogP contribution in [0.5, 0.6) is 17.2 Å². The minimum Gasteiger partial charge on any atom is -0.493 e. The molecule has 0 aromatic heterocycles. The van der Waals surface area contributed by atoms with Gasteiger partial charge in [0.2, 0.25) is 5.75 Å². The Morgan fingerprint density at radius 3 is 2.38 bits per heavy atom. The Labute approximate surface area is 187 Å². The third-order valence-electron chi connectivity index (χ3n) is 5.69. The van der Waals surface area contributed by atoms with Gasteiger partial charge in [-0.1, -0.05) is 12.1 Å². The standard InChI is InChI=1S/C24H29FN2O5/c1-16-12-27(17(2)11-26(16)13-18-5-7-20(25)8-6-18)23(29)15-32-22-10-19(14-28)9-21(30-3)24(22)31-4/h5-10,14,16-17H,11-13,15H2,1-4H3/t16-,17+/m0/s1. The highest BCUT2D eigenvalue weighted by Crippen LogP contribution is 2.38. The second kappa shape index (κ2) is 10.5. The average molecular weight is 445 g/mol. The fourth-order valence-corrected chi connectivity index (χ4v) is 3.94. The van der Waals surface area contributed by atoms with Crippen LogP contribution in [0.2, 0.25) is 0 Å². The number of rotatable bonds is 8. The molecule has 3 rings (SSSR count). The molecule has 0 aliphatic carbocycles. The quantitative estimate of drug-likeness (QED) is 0.583. The van der Waals surface area contributed by atoms with Crippen LogP contribution in [0.1, 0.15) is 29.8 Å². The van der Waals surface area contributed by atoms with Crippen LogP contribution < -0.4 is 14.2 Å². The van der Waals surface area contributed by atoms with E-state index in [1.165, 1.54) is 32.4 Å². The van der Waals surface area contributed by atoms with Crippen molar-refractivity contribution in [1.29, 1.82) is 0 Å². The van der Waals surface area contributed by atoms with Gasteiger partial charge in [0.1, 0.15) is 12.1 Å². The summed E-state index contributed by atoms with van der Waals surface area (Å²) in [6, 6.07) is 9.68. The van der Waals surface area contributed by atoms with Gasteiger partial charge in [-0.05, 0) is 43.7 Å². The number of ether oxygens (including phenoxy) is 3. The topological polar surface area (TPSA) is 68.3 Å². The van der Waals surface area contributed by atoms with Crippen LogP contribution in [0.25, 0.3) is 0 Å². The summed E-state index contributed by atoms with van der Waals surface area (Å²) in [5, 5.41) is 0. The van der Waals surface area contributed by atoms with Crippen LogP contribution in [-0.2, 0) is 11.3 Å². The summed E-state index contributed by atoms with van der Waals surface area (Å²) in [5.74, 6) is 0.562. The van der Waals surface area contributed by atoms with Gasteiger partial charge < -0.3 is 19.1 Å². The third kappa shape index (κ3) is 5.37. The van der Waals surface area contributed by atoms with Crippen molar-refractivity contribution < 1.29 is 28.2 Å². The predicted molar refractivity (Wildman–Crippen MR) is 118 cm³/mol. The monoisotopic (exact) mass is 444 g/mol. The van der Waals surface area contributed by atoms with Gasteiger partial charge in [0, 0.05) is 37.3 Å². The van der Waals surface area contributed by atoms with Gasteiger partial charge in [-0.25, -0.2) is 4.39 Å². The van der Waals surface area contributed by atoms with E-state index in [1.54, 1.807) is 23.1 Å². The summed E-state index contributed by atoms with van der Waals surface area (Å²) in [7, 11) is 2.94. The van der Waals surface area contributed by atoms with E-state index in [1.807, 2.05) is 6.92 Å². The Morgan fingerprint density at radius 2 is 1.75 bits per heavy atom. The molecule has 1 aliphatic rings. The normalized spacial score (nSPS) is 18.8. The molecule has 0 saturated carbocycles. The molecule has 1 aliphatic heterocycles. The van der Waals surface area contributed by atoms with E-state index in [9.17, 15) is 14.0 Å². The summed E-state index contributed by atoms with van der Waals surface area (Å²) in [4.78, 5) is 28.2. The van der Waals surface area contributed by atoms with E-state index in [-0.39, 0.29) is 36.2 Å². The summed E-state index contributed by atoms with van der Waals surface area (Å²) in [5.41, 5.74) is 1.39. The summed E-state index contributed by atoms with van der Waals surface area (Å²) in [6.07, 6.45) is 0.681. The molecule has 2 aromatic carbocycles. The fourth-order valence-electron chi connectivity index (χ4n) is 3.94. The first-order chi connectivity index (χ1) is 15.4. The number of piperazine rings is 1. The zero-order valence-electron chi connectivity index (χ0n) is 18.8. The lowest BCUT2D eigenvalue weighted by molar-refractivity contribution is -0.139. The smallest absolute Gasteiger partial charge is 0.260 e. The molecular formula is C24H29FN2O5. The first-order valence-corrected chi connectivity index (χ1v) is 10.5. The van der Waals surface area contributed by atoms with Crippen LogP contribution in [0.3, 0.4) is 0 Å². The number of halogens is 1. The Balaban J connectivity index is 1.64. The lowest BCUT2D eigenvalue weighted by atomic mass is 10.1. The Morgan fingerprint density at radius 1 is 1.06 bits per heavy atom. The van der Waals surface area contributed by atoms with Crippen LogP contribution in [0.4, 0.5) is 4.39 Å². The molecule has 0 N–H and O–H groups in total. The van der Waals surface area contributed by atoms with E-state index < -0.39 is 0 Å². The minimum atomic E-state index is -0.251. The molecular weight excluding hydrogens is 415 g/mol. The molecule has 2 aromatic rings. The molecule has 1 heterocycles. The van der Waals surface area contributed by atoms with Gasteiger partial charge in [0.15, 0.2) is 18.1 Å². The number of aldehydes is 1. The summed E-state index contributed by atoms with van der Waals surface area (Å²) < 4.78 is 29.5. The highest BCUT2D eigenvalue weighted by molar-refractivity contribution is 5.80. The number of amides is 1. The maximum atomic E-state index is 13.2. The number of hydrogen-bond donors (Lipinski definition) is 0. The van der Waals surface area contributed by atoms with Crippen molar-refractivity contribution in [3.8, 4) is 17.2 Å². The molecule has 8 heteroatoms. The molecule has 172 valence electrons. The second-order valence-corrected chi connectivity index (χ2v) is 7.96. The van der Waals surface area contributed by atoms with Crippen molar-refractivity contribution in [3.63, 3.8) is 0 Å². The van der Waals surface area contributed by atoms with Gasteiger partial charge in [-0.15, -0.1) is 0 Å². The molecule has 32 heavy (non-hydrogen) atoms. The fraction of sp³-hybridized carbons (Fsp3) is 0.417. The first-order valence-electron chi connectivity index (χ1n) is 10.5. The van der Waals surface area contributed by atoms with E-state index in [2.05, 4.69) is 11.8 Å². The number of carbonyl (C=O) groups is 2. The van der Waals surface area contributed by atoms with Gasteiger partial charge >= 0.3 is 0 Å². The maximum absolute atomic E-state index is 13.2. The third-order valence-corrected chi connectivity index (χ3v) is 5.69. The van der Waals surface area contributed by atoms with Gasteiger partial charge in [0.25, 0.3) is 5.91 Å². The molecule has 0 radical (unpaired) electrons. The summed E-state index contributed by atoms with van der Waals surface area (Å²) in [6.45, 7) is 5.83. The van der Waals surface area contributed by atoms with Crippen molar-refractivity contribution in [3.05, 3.63) is 53.3 Å². The lowest BCUT2D eigenvalue weighted by Gasteiger charge is -2.44. The van der Waals surface area contributed by atoms with Crippen molar-refractivity contribution in [2.75, 3.05) is 33.9 Å². The maximum Gasteiger partial charge on any atom is 0.260 e. The number of hydrogen-bond acceptors (Lipinski definition) is 6. The molecule has 0 bridgehead atoms. The van der Waals surface area contributed by atoms with Gasteiger partial charge in [-0.3, -0.25) is 14.5 Å². The van der Waals surface area contributed by atoms with Crippen LogP contribution in [-0.4, -0.2) is 68.0 Å². The molecule has 0 unspecified atom stereocenters. The summed E-state index contributed by atoms with van der Waals surface area (Å²) >= 11 is 0. The molecule has 1 amide bonds. The highest BCUT2D eigenvalue weighted by Gasteiger charge is 2.32. The zero-order valence-corrected chi connectivity index (χ0v) is 18.8. The van der Waals surface area contributed by atoms with Crippen LogP contribution in [0.15, 0.2) is 36.4 Å². The Kier molecular flexibility index (Phi) is 7.69. The number of benzene rings is 2. The SMILES string of the molecule is COc1cc(C=O)cc(OCC(=O)N2C[C@H](C)N(Cc3ccc(F)cc3)C[C@H]2C)c1OC. The van der Waals surface area contributed by atoms with E-state index in [4.69, 9.17) is 14.2 Å². The van der Waals surface area contributed by atoms with E-state index >= 15 is 0 Å². The second-order valence-electron chi connectivity index (χ2n) is 7.96. The van der Waals surface area contributed by atoms with Crippen molar-refractivity contribution in [2.24, 2.45) is 0 Å². The lowest BCUT2D eigenvalue weighted by Crippen LogP contribution is -2.58. The van der Waals surface area contributed by atoms with Gasteiger partial charge in [-0.2, -0.15) is 0 Å². The predicted octanol–water partition coefficient (Wildman–Crippen LogP) is 3.16. The molecule has 7 nitrogen and oxygen atoms in total. The molecule has 1 saturated heterocycles. The van der Waals surface area contributed by atoms with Gasteiger partial charge in [0.05, 0.1) is 14.2 Å². The minimum absolute atomic E-state index is 0.0134. The zero-order chi connectivity index (χ0) is 23.3. The molecule has 2 atom stereocenters. The molecule has 0 spiro atoms. The number of carbonyl (C=O) groups excluding carboxylic acids is 2. The van der Waals surface area contributed by atoms with Crippen molar-refractivity contribution in [1.82, 2.24) is 9.80 Å². The number of nitrogens with zero attached hydrogens (tertiary/aromatic N) is 2. The Bertz CT molecular complexity index is 950. The van der Waals surface area contributed by atoms with E-state index in [0.29, 0.717) is 43.0 Å². The number of methoxy groups -OCH3 is 2. The molecule has 1 fully saturated rings. The van der Waals surface area contributed by atoms with E-state index in [0.717, 1.165) is 5.56 Å². The van der Waals surface area contributed by atoms with Crippen LogP contribution >= 0.6 is 0 Å². The first kappa shape index (κ1) is 23.5.